The van der Waals surface area contributed by atoms with Gasteiger partial charge in [0.05, 0.1) is 29.6 Å². The number of esters is 1. The van der Waals surface area contributed by atoms with Crippen molar-refractivity contribution in [2.24, 2.45) is 0 Å². The van der Waals surface area contributed by atoms with Crippen LogP contribution in [0.3, 0.4) is 0 Å². The van der Waals surface area contributed by atoms with Crippen LogP contribution in [0.2, 0.25) is 0 Å². The van der Waals surface area contributed by atoms with Crippen molar-refractivity contribution in [2.75, 3.05) is 19.0 Å². The number of rotatable bonds is 9. The molecule has 49 heavy (non-hydrogen) atoms. The number of alkyl halides is 3. The predicted octanol–water partition coefficient (Wildman–Crippen LogP) is 8.56. The second-order valence-electron chi connectivity index (χ2n) is 10.4. The molecule has 4 aromatic rings. The first kappa shape index (κ1) is 34.7. The molecule has 1 aromatic heterocycles. The molecule has 0 aliphatic carbocycles. The third-order valence-electron chi connectivity index (χ3n) is 7.23. The molecule has 0 radical (unpaired) electrons. The quantitative estimate of drug-likeness (QED) is 0.120. The maximum absolute atomic E-state index is 14.3. The van der Waals surface area contributed by atoms with Gasteiger partial charge < -0.3 is 19.4 Å². The van der Waals surface area contributed by atoms with Gasteiger partial charge in [0.2, 0.25) is 0 Å². The molecule has 1 N–H and O–H groups in total. The Morgan fingerprint density at radius 3 is 2.43 bits per heavy atom. The Balaban J connectivity index is 0.00000468. The normalized spacial score (nSPS) is 11.2. The monoisotopic (exact) mass is 694 g/mol. The number of aromatic nitrogens is 3. The Morgan fingerprint density at radius 1 is 0.939 bits per heavy atom. The zero-order chi connectivity index (χ0) is 34.0. The van der Waals surface area contributed by atoms with Gasteiger partial charge in [-0.1, -0.05) is 43.8 Å². The van der Waals surface area contributed by atoms with Gasteiger partial charge in [-0.25, -0.2) is 23.5 Å². The zero-order valence-corrected chi connectivity index (χ0v) is 25.7. The van der Waals surface area contributed by atoms with E-state index < -0.39 is 41.9 Å². The number of nitrogens with one attached hydrogen (secondary N) is 1. The fourth-order valence-corrected chi connectivity index (χ4v) is 5.71. The molecular weight excluding hydrogens is 667 g/mol. The Kier molecular flexibility index (Phi) is 10.1. The maximum Gasteiger partial charge on any atom is 0.417 e. The van der Waals surface area contributed by atoms with E-state index in [2.05, 4.69) is 20.0 Å². The number of methoxy groups -OCH3 is 1. The average Bonchev–Trinajstić information content (AvgIpc) is 3.71. The van der Waals surface area contributed by atoms with Crippen molar-refractivity contribution in [2.45, 2.75) is 20.1 Å². The van der Waals surface area contributed by atoms with Crippen LogP contribution >= 0.6 is 11.3 Å². The van der Waals surface area contributed by atoms with Crippen LogP contribution in [-0.2, 0) is 22.3 Å². The molecule has 0 bridgehead atoms. The molecule has 252 valence electrons. The van der Waals surface area contributed by atoms with Gasteiger partial charge in [-0.2, -0.15) is 13.2 Å². The number of benzene rings is 3. The number of hydrogen-bond donors (Lipinski definition) is 1. The van der Waals surface area contributed by atoms with Crippen LogP contribution in [0.15, 0.2) is 90.6 Å². The standard InChI is InChI=1S/C34H23F5N4O4S.CH4/c1-46-33(45)31-27(12-14-48-31)40-29(44)18-47-21-9-10-22(24(15-21)34(37,38)39)20-7-5-19(6-8-20)16-43-13-11-26-28(17-43)42-32(41-26)23-3-2-4-25(35)30(23)36;/h2-15,17H,16,18H2,1H3,(H,40,44);1H4. The van der Waals surface area contributed by atoms with Gasteiger partial charge in [0.25, 0.3) is 5.91 Å². The van der Waals surface area contributed by atoms with Crippen molar-refractivity contribution >= 4 is 28.9 Å². The number of anilines is 1. The van der Waals surface area contributed by atoms with E-state index in [1.54, 1.807) is 52.7 Å². The van der Waals surface area contributed by atoms with Crippen molar-refractivity contribution in [3.05, 3.63) is 118 Å². The third kappa shape index (κ3) is 7.59. The Morgan fingerprint density at radius 2 is 1.69 bits per heavy atom. The smallest absolute Gasteiger partial charge is 0.417 e. The molecule has 2 aliphatic rings. The van der Waals surface area contributed by atoms with Crippen molar-refractivity contribution < 1.29 is 41.0 Å². The topological polar surface area (TPSA) is 95.3 Å². The Bertz CT molecular complexity index is 2090. The molecular formula is C35H27F5N4O4S. The zero-order valence-electron chi connectivity index (χ0n) is 24.8. The lowest BCUT2D eigenvalue weighted by Crippen LogP contribution is -2.21. The summed E-state index contributed by atoms with van der Waals surface area (Å²) in [5, 5.41) is 4.07. The van der Waals surface area contributed by atoms with Gasteiger partial charge in [0.15, 0.2) is 24.1 Å². The van der Waals surface area contributed by atoms with Crippen LogP contribution in [-0.4, -0.2) is 40.1 Å². The summed E-state index contributed by atoms with van der Waals surface area (Å²) in [6.07, 6.45) is -1.30. The number of imidazole rings is 1. The fourth-order valence-electron chi connectivity index (χ4n) is 4.94. The van der Waals surface area contributed by atoms with Gasteiger partial charge in [-0.15, -0.1) is 11.3 Å². The van der Waals surface area contributed by atoms with Gasteiger partial charge in [-0.3, -0.25) is 4.79 Å². The molecule has 0 saturated carbocycles. The second kappa shape index (κ2) is 14.2. The summed E-state index contributed by atoms with van der Waals surface area (Å²) in [5.74, 6) is -3.46. The number of carbonyl (C=O) groups excluding carboxylic acids is 2. The number of pyridine rings is 1. The third-order valence-corrected chi connectivity index (χ3v) is 8.12. The van der Waals surface area contributed by atoms with Gasteiger partial charge in [0.1, 0.15) is 16.3 Å². The first-order chi connectivity index (χ1) is 23.0. The molecule has 14 heteroatoms. The molecule has 0 fully saturated rings. The number of hydrogen-bond acceptors (Lipinski definition) is 7. The minimum absolute atomic E-state index is 0. The number of fused-ring (bicyclic) bond motifs is 1. The van der Waals surface area contributed by atoms with Crippen LogP contribution < -0.4 is 10.1 Å². The number of carbonyl (C=O) groups is 2. The molecule has 1 amide bonds. The van der Waals surface area contributed by atoms with Crippen LogP contribution in [0.25, 0.3) is 33.9 Å². The lowest BCUT2D eigenvalue weighted by atomic mass is 9.98. The van der Waals surface area contributed by atoms with Crippen molar-refractivity contribution in [1.29, 1.82) is 0 Å². The highest BCUT2D eigenvalue weighted by Gasteiger charge is 2.34. The van der Waals surface area contributed by atoms with Gasteiger partial charge in [0, 0.05) is 18.9 Å². The largest absolute Gasteiger partial charge is 0.484 e. The highest BCUT2D eigenvalue weighted by atomic mass is 32.1. The first-order valence-corrected chi connectivity index (χ1v) is 15.0. The highest BCUT2D eigenvalue weighted by molar-refractivity contribution is 7.12. The number of nitrogens with zero attached hydrogens (tertiary/aromatic N) is 3. The molecule has 2 aliphatic heterocycles. The van der Waals surface area contributed by atoms with E-state index in [4.69, 9.17) is 4.74 Å². The summed E-state index contributed by atoms with van der Waals surface area (Å²) in [7, 11) is 1.20. The lowest BCUT2D eigenvalue weighted by molar-refractivity contribution is -0.137. The summed E-state index contributed by atoms with van der Waals surface area (Å²) in [6.45, 7) is -0.245. The summed E-state index contributed by atoms with van der Waals surface area (Å²) >= 11 is 1.06. The van der Waals surface area contributed by atoms with E-state index >= 15 is 0 Å². The second-order valence-corrected chi connectivity index (χ2v) is 11.3. The van der Waals surface area contributed by atoms with Crippen molar-refractivity contribution in [3.8, 4) is 39.7 Å². The van der Waals surface area contributed by atoms with Gasteiger partial charge in [-0.05, 0) is 58.5 Å². The summed E-state index contributed by atoms with van der Waals surface area (Å²) in [6, 6.07) is 16.9. The summed E-state index contributed by atoms with van der Waals surface area (Å²) < 4.78 is 82.1. The SMILES string of the molecule is C.COC(=O)c1sccc1NC(=O)COc1ccc(-c2ccc(Cn3ccc4nc(-c5cccc(F)c5F)nc-4c3)cc2)c(C(F)(F)F)c1. The van der Waals surface area contributed by atoms with E-state index in [0.29, 0.717) is 23.5 Å². The molecule has 0 spiro atoms. The number of amides is 1. The molecule has 3 aromatic carbocycles. The molecule has 3 heterocycles. The molecule has 6 rings (SSSR count). The molecule has 0 atom stereocenters. The molecule has 0 unspecified atom stereocenters. The molecule has 0 saturated heterocycles. The highest BCUT2D eigenvalue weighted by Crippen LogP contribution is 2.39. The van der Waals surface area contributed by atoms with E-state index in [0.717, 1.165) is 29.0 Å². The minimum atomic E-state index is -4.72. The van der Waals surface area contributed by atoms with E-state index in [-0.39, 0.29) is 40.7 Å². The Hall–Kier alpha value is -5.63. The first-order valence-electron chi connectivity index (χ1n) is 14.2. The predicted molar refractivity (Wildman–Crippen MR) is 174 cm³/mol. The maximum atomic E-state index is 14.3. The van der Waals surface area contributed by atoms with E-state index in [1.165, 1.54) is 37.4 Å². The fraction of sp³-hybridized carbons (Fsp3) is 0.143. The van der Waals surface area contributed by atoms with E-state index in [9.17, 15) is 31.5 Å². The van der Waals surface area contributed by atoms with Crippen molar-refractivity contribution in [1.82, 2.24) is 14.5 Å². The van der Waals surface area contributed by atoms with Crippen molar-refractivity contribution in [3.63, 3.8) is 0 Å². The van der Waals surface area contributed by atoms with Crippen LogP contribution in [0.4, 0.5) is 27.6 Å². The number of halogens is 5. The summed E-state index contributed by atoms with van der Waals surface area (Å²) in [5.41, 5.74) is 1.17. The molecule has 8 nitrogen and oxygen atoms in total. The van der Waals surface area contributed by atoms with Crippen LogP contribution in [0.1, 0.15) is 28.2 Å². The van der Waals surface area contributed by atoms with Gasteiger partial charge >= 0.3 is 12.1 Å². The minimum Gasteiger partial charge on any atom is -0.484 e. The number of thiophene rings is 1. The van der Waals surface area contributed by atoms with Crippen LogP contribution in [0.5, 0.6) is 5.75 Å². The number of ether oxygens (including phenoxy) is 2. The Labute approximate surface area is 281 Å². The van der Waals surface area contributed by atoms with E-state index in [1.807, 2.05) is 0 Å². The average molecular weight is 695 g/mol. The van der Waals surface area contributed by atoms with Crippen LogP contribution in [0, 0.1) is 11.6 Å². The lowest BCUT2D eigenvalue weighted by Gasteiger charge is -2.16. The summed E-state index contributed by atoms with van der Waals surface area (Å²) in [4.78, 5) is 33.0.